The normalized spacial score (nSPS) is 21.3. The van der Waals surface area contributed by atoms with Gasteiger partial charge in [0.25, 0.3) is 11.1 Å². The fraction of sp³-hybridized carbons (Fsp3) is 0.368. The molecule has 0 spiro atoms. The molecule has 1 saturated carbocycles. The van der Waals surface area contributed by atoms with Gasteiger partial charge in [-0.1, -0.05) is 0 Å². The number of hydrogen-bond donors (Lipinski definition) is 3. The third kappa shape index (κ3) is 7.48. The number of anilines is 4. The molecular weight excluding hydrogens is 1040 g/mol. The zero-order valence-corrected chi connectivity index (χ0v) is 46.3. The van der Waals surface area contributed by atoms with E-state index in [-0.39, 0.29) is 23.1 Å². The predicted molar refractivity (Wildman–Crippen MR) is 320 cm³/mol. The summed E-state index contributed by atoms with van der Waals surface area (Å²) < 4.78 is 11.4. The Bertz CT molecular complexity index is 4550. The first-order valence-electron chi connectivity index (χ1n) is 27.4. The molecule has 3 N–H and O–H groups in total. The van der Waals surface area contributed by atoms with Crippen molar-refractivity contribution < 1.29 is 0 Å². The second-order valence-electron chi connectivity index (χ2n) is 22.4. The minimum Gasteiger partial charge on any atom is -0.365 e. The number of likely N-dealkylation sites (N-methyl/N-ethyl adjacent to an activating group) is 2. The summed E-state index contributed by atoms with van der Waals surface area (Å²) in [6.45, 7) is 13.9. The standard InChI is InChI=1S/C57H58N16O2S3/c1-31-29-69(30-32(2)58-31)50-11-8-35-54(63-50)71-40-28-51(78-47(40)26-42(71)56(74)61-35)73-38-9-12-49(68-17-6-15-66(4)19-21-68)64-55(38)72-39-24-44(77-46(39)27-43(72)57(73)75)33-23-36(33)60-52-41-25-45-37(13-22-76-45)70(41)53-34(59-52)7-10-48(62-53)67-16-5-14-65(3)18-20-67/h7-13,22,24-28,31-33,36,58H,5-6,14-21,23,29-30H2,1-4H3,(H,59,60)(H,61,74)/t31-,32+,33?,36?. The smallest absolute Gasteiger partial charge is 0.280 e. The fourth-order valence-electron chi connectivity index (χ4n) is 12.9. The van der Waals surface area contributed by atoms with Crippen LogP contribution in [0.1, 0.15) is 43.9 Å². The van der Waals surface area contributed by atoms with Gasteiger partial charge in [0.15, 0.2) is 22.8 Å². The Morgan fingerprint density at radius 1 is 0.577 bits per heavy atom. The number of pyridine rings is 3. The SMILES string of the molecule is C[C@@H]1CN(c2ccc3[nH]c(=O)c4cc5sc(-n6c(=O)c7cc8sc(C9CC9Nc9nc%10ccc(N%11CCCN(C)CC%11)nc%10n%10c9cc9sccc9%10)cc8n7c7nc(N8CCCN(C)CC8)ccc76)cc5n4c3n2)C[C@H](C)N1. The van der Waals surface area contributed by atoms with E-state index in [1.54, 1.807) is 22.7 Å². The summed E-state index contributed by atoms with van der Waals surface area (Å²) in [4.78, 5) is 66.6. The first-order chi connectivity index (χ1) is 38.0. The molecule has 15 heterocycles. The molecule has 18 nitrogen and oxygen atoms in total. The molecule has 1 aliphatic carbocycles. The lowest BCUT2D eigenvalue weighted by Crippen LogP contribution is -2.54. The first kappa shape index (κ1) is 46.9. The third-order valence-corrected chi connectivity index (χ3v) is 20.0. The van der Waals surface area contributed by atoms with Crippen molar-refractivity contribution in [1.29, 1.82) is 0 Å². The molecule has 12 aromatic heterocycles. The van der Waals surface area contributed by atoms with Crippen LogP contribution in [0.4, 0.5) is 23.3 Å². The number of nitrogens with zero attached hydrogens (tertiary/aromatic N) is 13. The van der Waals surface area contributed by atoms with Gasteiger partial charge in [0, 0.05) is 81.3 Å². The lowest BCUT2D eigenvalue weighted by atomic mass is 10.1. The summed E-state index contributed by atoms with van der Waals surface area (Å²) in [6.07, 6.45) is 3.12. The lowest BCUT2D eigenvalue weighted by molar-refractivity contribution is 0.360. The number of aromatic nitrogens is 9. The van der Waals surface area contributed by atoms with Crippen molar-refractivity contribution in [1.82, 2.24) is 57.8 Å². The highest BCUT2D eigenvalue weighted by Crippen LogP contribution is 2.48. The monoisotopic (exact) mass is 1090 g/mol. The molecule has 0 aromatic carbocycles. The van der Waals surface area contributed by atoms with E-state index in [0.29, 0.717) is 34.3 Å². The van der Waals surface area contributed by atoms with Gasteiger partial charge in [-0.15, -0.1) is 34.0 Å². The van der Waals surface area contributed by atoms with E-state index in [1.807, 2.05) is 33.2 Å². The van der Waals surface area contributed by atoms with Crippen LogP contribution < -0.4 is 36.5 Å². The van der Waals surface area contributed by atoms with Gasteiger partial charge >= 0.3 is 0 Å². The molecule has 78 heavy (non-hydrogen) atoms. The molecule has 2 unspecified atom stereocenters. The number of fused-ring (bicyclic) bond motifs is 15. The van der Waals surface area contributed by atoms with Gasteiger partial charge in [-0.3, -0.25) is 27.4 Å². The number of nitrogens with one attached hydrogen (secondary N) is 3. The van der Waals surface area contributed by atoms with Gasteiger partial charge in [-0.2, -0.15) is 0 Å². The van der Waals surface area contributed by atoms with Crippen LogP contribution >= 0.6 is 34.0 Å². The number of aromatic amines is 1. The average Bonchev–Trinajstić information content (AvgIpc) is 3.89. The predicted octanol–water partition coefficient (Wildman–Crippen LogP) is 8.41. The van der Waals surface area contributed by atoms with Crippen molar-refractivity contribution in [2.45, 2.75) is 57.2 Å². The number of thiophene rings is 3. The van der Waals surface area contributed by atoms with Crippen LogP contribution in [0, 0.1) is 0 Å². The van der Waals surface area contributed by atoms with Crippen molar-refractivity contribution in [2.75, 3.05) is 99.6 Å². The number of hydrogen-bond acceptors (Lipinski definition) is 16. The van der Waals surface area contributed by atoms with Crippen LogP contribution in [0.15, 0.2) is 87.8 Å². The Hall–Kier alpha value is -7.14. The Kier molecular flexibility index (Phi) is 10.6. The van der Waals surface area contributed by atoms with Crippen molar-refractivity contribution in [2.24, 2.45) is 0 Å². The highest BCUT2D eigenvalue weighted by atomic mass is 32.1. The van der Waals surface area contributed by atoms with E-state index in [9.17, 15) is 4.79 Å². The van der Waals surface area contributed by atoms with Crippen LogP contribution in [0.25, 0.3) is 85.7 Å². The summed E-state index contributed by atoms with van der Waals surface area (Å²) >= 11 is 5.02. The molecule has 4 aliphatic rings. The maximum Gasteiger partial charge on any atom is 0.280 e. The Labute approximate surface area is 458 Å². The van der Waals surface area contributed by atoms with Crippen molar-refractivity contribution >= 4 is 138 Å². The molecule has 4 fully saturated rings. The van der Waals surface area contributed by atoms with Crippen LogP contribution in [-0.4, -0.2) is 150 Å². The Morgan fingerprint density at radius 3 is 2.03 bits per heavy atom. The number of piperazine rings is 1. The summed E-state index contributed by atoms with van der Waals surface area (Å²) in [7, 11) is 4.38. The number of rotatable bonds is 7. The topological polar surface area (TPSA) is 160 Å². The summed E-state index contributed by atoms with van der Waals surface area (Å²) in [5.74, 6) is 3.93. The van der Waals surface area contributed by atoms with E-state index in [4.69, 9.17) is 19.9 Å². The van der Waals surface area contributed by atoms with Gasteiger partial charge in [-0.25, -0.2) is 19.9 Å². The fourth-order valence-corrected chi connectivity index (χ4v) is 16.1. The second-order valence-corrected chi connectivity index (χ2v) is 25.5. The molecule has 0 bridgehead atoms. The average molecular weight is 1100 g/mol. The van der Waals surface area contributed by atoms with Crippen molar-refractivity contribution in [3.05, 3.63) is 104 Å². The molecule has 12 aromatic rings. The molecule has 21 heteroatoms. The maximum atomic E-state index is 15.3. The summed E-state index contributed by atoms with van der Waals surface area (Å²) in [5.41, 5.74) is 9.37. The van der Waals surface area contributed by atoms with Gasteiger partial charge in [-0.05, 0) is 138 Å². The second kappa shape index (κ2) is 17.7. The molecule has 396 valence electrons. The minimum absolute atomic E-state index is 0.119. The van der Waals surface area contributed by atoms with Crippen LogP contribution in [0.2, 0.25) is 0 Å². The van der Waals surface area contributed by atoms with E-state index < -0.39 is 0 Å². The van der Waals surface area contributed by atoms with Crippen molar-refractivity contribution in [3.63, 3.8) is 0 Å². The maximum absolute atomic E-state index is 15.3. The largest absolute Gasteiger partial charge is 0.365 e. The highest BCUT2D eigenvalue weighted by molar-refractivity contribution is 7.21. The molecule has 16 rings (SSSR count). The molecule has 3 aliphatic heterocycles. The molecule has 3 saturated heterocycles. The molecule has 0 amide bonds. The lowest BCUT2D eigenvalue weighted by Gasteiger charge is -2.36. The number of H-pyrrole nitrogens is 1. The highest BCUT2D eigenvalue weighted by Gasteiger charge is 2.41. The van der Waals surface area contributed by atoms with Crippen LogP contribution in [0.5, 0.6) is 0 Å². The quantitative estimate of drug-likeness (QED) is 0.140. The molecule has 0 radical (unpaired) electrons. The Morgan fingerprint density at radius 2 is 1.23 bits per heavy atom. The van der Waals surface area contributed by atoms with E-state index >= 15 is 4.79 Å². The van der Waals surface area contributed by atoms with E-state index in [1.165, 1.54) is 20.9 Å². The Balaban J connectivity index is 0.786. The summed E-state index contributed by atoms with van der Waals surface area (Å²) in [6, 6.07) is 26.0. The molecule has 4 atom stereocenters. The van der Waals surface area contributed by atoms with Gasteiger partial charge in [0.1, 0.15) is 39.0 Å². The van der Waals surface area contributed by atoms with Gasteiger partial charge in [0.05, 0.1) is 47.2 Å². The van der Waals surface area contributed by atoms with Crippen LogP contribution in [-0.2, 0) is 0 Å². The molecular formula is C57H58N16O2S3. The first-order valence-corrected chi connectivity index (χ1v) is 29.9. The van der Waals surface area contributed by atoms with Gasteiger partial charge < -0.3 is 40.1 Å². The van der Waals surface area contributed by atoms with Crippen LogP contribution in [0.3, 0.4) is 0 Å². The van der Waals surface area contributed by atoms with Gasteiger partial charge in [0.2, 0.25) is 0 Å². The third-order valence-electron chi connectivity index (χ3n) is 16.9. The zero-order chi connectivity index (χ0) is 52.2. The zero-order valence-electron chi connectivity index (χ0n) is 43.9. The minimum atomic E-state index is -0.181. The van der Waals surface area contributed by atoms with E-state index in [2.05, 4.69) is 131 Å². The van der Waals surface area contributed by atoms with E-state index in [0.717, 1.165) is 167 Å². The summed E-state index contributed by atoms with van der Waals surface area (Å²) in [5, 5.41) is 10.4. The van der Waals surface area contributed by atoms with Crippen molar-refractivity contribution in [3.8, 4) is 5.00 Å².